The molecule has 4 nitrogen and oxygen atoms in total. The molecule has 0 spiro atoms. The van der Waals surface area contributed by atoms with Crippen LogP contribution in [0.25, 0.3) is 0 Å². The van der Waals surface area contributed by atoms with Crippen molar-refractivity contribution in [1.29, 1.82) is 0 Å². The van der Waals surface area contributed by atoms with Gasteiger partial charge < -0.3 is 15.1 Å². The predicted octanol–water partition coefficient (Wildman–Crippen LogP) is 6.99. The number of hydrogen-bond acceptors (Lipinski definition) is 3. The van der Waals surface area contributed by atoms with Crippen molar-refractivity contribution in [2.24, 2.45) is 5.92 Å². The molecule has 9 heteroatoms. The molecule has 36 heavy (non-hydrogen) atoms. The van der Waals surface area contributed by atoms with Crippen LogP contribution in [0.4, 0.5) is 18.9 Å². The monoisotopic (exact) mass is 543 g/mol. The molecule has 1 N–H and O–H groups in total. The molecule has 0 bridgehead atoms. The average molecular weight is 544 g/mol. The number of nitrogens with zero attached hydrogens (tertiary/aromatic N) is 2. The zero-order valence-electron chi connectivity index (χ0n) is 21.0. The lowest BCUT2D eigenvalue weighted by atomic mass is 9.89. The Morgan fingerprint density at radius 3 is 2.33 bits per heavy atom. The van der Waals surface area contributed by atoms with Gasteiger partial charge in [0.15, 0.2) is 0 Å². The Bertz CT molecular complexity index is 1040. The van der Waals surface area contributed by atoms with Crippen LogP contribution in [0, 0.1) is 5.92 Å². The summed E-state index contributed by atoms with van der Waals surface area (Å²) in [5, 5.41) is 4.50. The molecule has 1 saturated heterocycles. The first-order chi connectivity index (χ1) is 17.0. The third-order valence-corrected chi connectivity index (χ3v) is 7.51. The van der Waals surface area contributed by atoms with Gasteiger partial charge in [-0.25, -0.2) is 0 Å². The number of carbonyl (C=O) groups excluding carboxylic acids is 1. The quantitative estimate of drug-likeness (QED) is 0.370. The van der Waals surface area contributed by atoms with Crippen molar-refractivity contribution in [3.8, 4) is 0 Å². The second-order valence-corrected chi connectivity index (χ2v) is 10.1. The van der Waals surface area contributed by atoms with Gasteiger partial charge in [-0.1, -0.05) is 56.5 Å². The molecule has 2 aromatic rings. The van der Waals surface area contributed by atoms with Gasteiger partial charge in [-0.3, -0.25) is 4.79 Å². The lowest BCUT2D eigenvalue weighted by Gasteiger charge is -2.39. The van der Waals surface area contributed by atoms with E-state index >= 15 is 0 Å². The van der Waals surface area contributed by atoms with Gasteiger partial charge in [-0.05, 0) is 60.3 Å². The molecule has 3 rings (SSSR count). The van der Waals surface area contributed by atoms with Crippen LogP contribution in [0.2, 0.25) is 10.0 Å². The molecule has 1 heterocycles. The summed E-state index contributed by atoms with van der Waals surface area (Å²) in [6.07, 6.45) is -2.70. The zero-order valence-corrected chi connectivity index (χ0v) is 22.5. The number of halogens is 5. The smallest absolute Gasteiger partial charge is 0.368 e. The molecule has 1 amide bonds. The van der Waals surface area contributed by atoms with Gasteiger partial charge in [0.2, 0.25) is 5.91 Å². The summed E-state index contributed by atoms with van der Waals surface area (Å²) in [6.45, 7) is 8.88. The highest BCUT2D eigenvalue weighted by Crippen LogP contribution is 2.38. The fraction of sp³-hybridized carbons (Fsp3) is 0.519. The molecule has 0 radical (unpaired) electrons. The fourth-order valence-corrected chi connectivity index (χ4v) is 5.17. The normalized spacial score (nSPS) is 16.2. The van der Waals surface area contributed by atoms with E-state index in [1.54, 1.807) is 18.2 Å². The van der Waals surface area contributed by atoms with E-state index < -0.39 is 11.7 Å². The third-order valence-electron chi connectivity index (χ3n) is 6.92. The first-order valence-electron chi connectivity index (χ1n) is 12.5. The Kier molecular flexibility index (Phi) is 9.95. The Morgan fingerprint density at radius 2 is 1.75 bits per heavy atom. The number of alkyl halides is 3. The third kappa shape index (κ3) is 7.08. The molecule has 198 valence electrons. The highest BCUT2D eigenvalue weighted by atomic mass is 35.5. The van der Waals surface area contributed by atoms with Crippen molar-refractivity contribution < 1.29 is 18.0 Å². The van der Waals surface area contributed by atoms with Gasteiger partial charge in [-0.15, -0.1) is 0 Å². The van der Waals surface area contributed by atoms with E-state index in [-0.39, 0.29) is 17.9 Å². The van der Waals surface area contributed by atoms with E-state index in [0.29, 0.717) is 61.2 Å². The van der Waals surface area contributed by atoms with Gasteiger partial charge >= 0.3 is 6.18 Å². The summed E-state index contributed by atoms with van der Waals surface area (Å²) >= 11 is 12.2. The number of piperazine rings is 1. The molecule has 0 saturated carbocycles. The number of carbonyl (C=O) groups is 1. The summed E-state index contributed by atoms with van der Waals surface area (Å²) in [6, 6.07) is 9.11. The fourth-order valence-electron chi connectivity index (χ4n) is 4.66. The minimum atomic E-state index is -4.41. The Labute approximate surface area is 221 Å². The van der Waals surface area contributed by atoms with E-state index in [2.05, 4.69) is 17.1 Å². The molecular formula is C27H34Cl2F3N3O. The first-order valence-corrected chi connectivity index (χ1v) is 13.2. The van der Waals surface area contributed by atoms with Gasteiger partial charge in [0.05, 0.1) is 5.56 Å². The summed E-state index contributed by atoms with van der Waals surface area (Å²) in [5.74, 6) is 0.202. The predicted molar refractivity (Wildman–Crippen MR) is 141 cm³/mol. The van der Waals surface area contributed by atoms with E-state index in [0.717, 1.165) is 23.7 Å². The summed E-state index contributed by atoms with van der Waals surface area (Å²) in [7, 11) is 0. The van der Waals surface area contributed by atoms with E-state index in [4.69, 9.17) is 23.2 Å². The van der Waals surface area contributed by atoms with Crippen molar-refractivity contribution in [2.75, 3.05) is 37.6 Å². The molecule has 2 atom stereocenters. The highest BCUT2D eigenvalue weighted by molar-refractivity contribution is 6.35. The molecule has 1 aliphatic heterocycles. The number of nitrogens with one attached hydrogen (secondary N) is 1. The van der Waals surface area contributed by atoms with Gasteiger partial charge in [0, 0.05) is 54.4 Å². The van der Waals surface area contributed by atoms with Crippen molar-refractivity contribution in [2.45, 2.75) is 52.3 Å². The summed E-state index contributed by atoms with van der Waals surface area (Å²) < 4.78 is 40.7. The second-order valence-electron chi connectivity index (χ2n) is 9.30. The highest BCUT2D eigenvalue weighted by Gasteiger charge is 2.34. The van der Waals surface area contributed by atoms with Crippen LogP contribution in [-0.2, 0) is 17.4 Å². The lowest BCUT2D eigenvalue weighted by molar-refractivity contribution is -0.137. The second kappa shape index (κ2) is 12.5. The SMILES string of the molecule is CCNC(c1cc(C(F)(F)F)ccc1N1CCN(C(=O)CCc2ccc(Cl)cc2Cl)CC1)C(C)CC. The van der Waals surface area contributed by atoms with Crippen molar-refractivity contribution in [3.05, 3.63) is 63.1 Å². The maximum absolute atomic E-state index is 13.6. The molecule has 0 aliphatic carbocycles. The van der Waals surface area contributed by atoms with Crippen LogP contribution in [0.3, 0.4) is 0 Å². The molecule has 2 aromatic carbocycles. The molecular weight excluding hydrogens is 510 g/mol. The van der Waals surface area contributed by atoms with Crippen LogP contribution in [0.5, 0.6) is 0 Å². The number of benzene rings is 2. The minimum absolute atomic E-state index is 0.0402. The number of aryl methyl sites for hydroxylation is 1. The van der Waals surface area contributed by atoms with Crippen LogP contribution in [0.15, 0.2) is 36.4 Å². The van der Waals surface area contributed by atoms with E-state index in [1.165, 1.54) is 6.07 Å². The van der Waals surface area contributed by atoms with E-state index in [1.807, 2.05) is 24.8 Å². The zero-order chi connectivity index (χ0) is 26.5. The van der Waals surface area contributed by atoms with Crippen LogP contribution in [0.1, 0.15) is 56.3 Å². The molecule has 2 unspecified atom stereocenters. The van der Waals surface area contributed by atoms with Crippen LogP contribution >= 0.6 is 23.2 Å². The van der Waals surface area contributed by atoms with Gasteiger partial charge in [0.1, 0.15) is 0 Å². The Balaban J connectivity index is 1.73. The first kappa shape index (κ1) is 28.6. The van der Waals surface area contributed by atoms with Crippen molar-refractivity contribution in [3.63, 3.8) is 0 Å². The van der Waals surface area contributed by atoms with Crippen molar-refractivity contribution in [1.82, 2.24) is 10.2 Å². The molecule has 1 fully saturated rings. The molecule has 0 aromatic heterocycles. The molecule has 1 aliphatic rings. The maximum atomic E-state index is 13.6. The Morgan fingerprint density at radius 1 is 1.06 bits per heavy atom. The maximum Gasteiger partial charge on any atom is 0.416 e. The average Bonchev–Trinajstić information content (AvgIpc) is 2.85. The summed E-state index contributed by atoms with van der Waals surface area (Å²) in [5.41, 5.74) is 1.71. The summed E-state index contributed by atoms with van der Waals surface area (Å²) in [4.78, 5) is 16.8. The van der Waals surface area contributed by atoms with Crippen molar-refractivity contribution >= 4 is 34.8 Å². The largest absolute Gasteiger partial charge is 0.416 e. The minimum Gasteiger partial charge on any atom is -0.368 e. The lowest BCUT2D eigenvalue weighted by Crippen LogP contribution is -2.49. The topological polar surface area (TPSA) is 35.6 Å². The number of amides is 1. The van der Waals surface area contributed by atoms with Crippen LogP contribution < -0.4 is 10.2 Å². The Hall–Kier alpha value is -1.96. The van der Waals surface area contributed by atoms with Gasteiger partial charge in [0.25, 0.3) is 0 Å². The van der Waals surface area contributed by atoms with E-state index in [9.17, 15) is 18.0 Å². The standard InChI is InChI=1S/C27H34Cl2F3N3O/c1-4-18(3)26(33-5-2)22-16-20(27(30,31)32)8-10-24(22)34-12-14-35(15-13-34)25(36)11-7-19-6-9-21(28)17-23(19)29/h6,8-10,16-18,26,33H,4-5,7,11-15H2,1-3H3. The number of anilines is 1. The number of hydrogen-bond donors (Lipinski definition) is 1. The van der Waals surface area contributed by atoms with Crippen LogP contribution in [-0.4, -0.2) is 43.5 Å². The van der Waals surface area contributed by atoms with Gasteiger partial charge in [-0.2, -0.15) is 13.2 Å². The number of rotatable bonds is 9.